The molecule has 0 bridgehead atoms. The fourth-order valence-electron chi connectivity index (χ4n) is 6.22. The molecule has 4 atom stereocenters. The van der Waals surface area contributed by atoms with Gasteiger partial charge in [0, 0.05) is 12.0 Å². The van der Waals surface area contributed by atoms with Gasteiger partial charge in [0.2, 0.25) is 0 Å². The van der Waals surface area contributed by atoms with Gasteiger partial charge in [0.1, 0.15) is 36.8 Å². The lowest BCUT2D eigenvalue weighted by atomic mass is 9.80. The summed E-state index contributed by atoms with van der Waals surface area (Å²) in [7, 11) is 0. The quantitative estimate of drug-likeness (QED) is 0.433. The lowest BCUT2D eigenvalue weighted by molar-refractivity contribution is -0.161. The molecule has 5 rings (SSSR count). The highest BCUT2D eigenvalue weighted by Crippen LogP contribution is 2.37. The Labute approximate surface area is 222 Å². The second-order valence-corrected chi connectivity index (χ2v) is 11.2. The van der Waals surface area contributed by atoms with E-state index in [1.54, 1.807) is 16.6 Å². The molecular formula is C27H39N5O6. The molecule has 11 heteroatoms. The average Bonchev–Trinajstić information content (AvgIpc) is 3.45. The molecule has 5 N–H and O–H groups in total. The van der Waals surface area contributed by atoms with E-state index in [1.807, 2.05) is 0 Å². The largest absolute Gasteiger partial charge is 0.463 e. The minimum absolute atomic E-state index is 0.122. The van der Waals surface area contributed by atoms with E-state index in [0.29, 0.717) is 17.6 Å². The fourth-order valence-corrected chi connectivity index (χ4v) is 6.22. The number of nitrogens with two attached hydrogens (primary N) is 2. The zero-order valence-corrected chi connectivity index (χ0v) is 21.8. The van der Waals surface area contributed by atoms with Gasteiger partial charge in [-0.2, -0.15) is 5.10 Å². The van der Waals surface area contributed by atoms with Gasteiger partial charge in [-0.15, -0.1) is 0 Å². The molecule has 0 spiro atoms. The zero-order chi connectivity index (χ0) is 26.7. The number of nitrogen functional groups attached to an aromatic ring is 1. The topological polar surface area (TPSA) is 164 Å². The van der Waals surface area contributed by atoms with E-state index in [1.165, 1.54) is 12.7 Å². The molecule has 2 aliphatic carbocycles. The summed E-state index contributed by atoms with van der Waals surface area (Å²) in [6.07, 6.45) is 7.96. The number of anilines is 1. The Kier molecular flexibility index (Phi) is 8.15. The average molecular weight is 530 g/mol. The predicted molar refractivity (Wildman–Crippen MR) is 138 cm³/mol. The number of ether oxygens (including phenoxy) is 3. The molecule has 38 heavy (non-hydrogen) atoms. The summed E-state index contributed by atoms with van der Waals surface area (Å²) in [5.74, 6) is -0.223. The van der Waals surface area contributed by atoms with Crippen LogP contribution >= 0.6 is 0 Å². The van der Waals surface area contributed by atoms with Crippen LogP contribution in [0, 0.1) is 5.92 Å². The molecule has 3 heterocycles. The summed E-state index contributed by atoms with van der Waals surface area (Å²) in [5, 5.41) is 15.5. The number of rotatable bonds is 8. The second kappa shape index (κ2) is 11.5. The summed E-state index contributed by atoms with van der Waals surface area (Å²) >= 11 is 0. The number of carbonyl (C=O) groups is 2. The van der Waals surface area contributed by atoms with Gasteiger partial charge < -0.3 is 30.8 Å². The molecule has 3 fully saturated rings. The molecule has 0 aromatic carbocycles. The van der Waals surface area contributed by atoms with E-state index in [0.717, 1.165) is 57.8 Å². The number of esters is 2. The van der Waals surface area contributed by atoms with Crippen LogP contribution in [-0.2, 0) is 23.8 Å². The van der Waals surface area contributed by atoms with Gasteiger partial charge in [0.15, 0.2) is 11.9 Å². The van der Waals surface area contributed by atoms with Gasteiger partial charge in [-0.25, -0.2) is 9.50 Å². The van der Waals surface area contributed by atoms with Gasteiger partial charge in [-0.3, -0.25) is 9.59 Å². The number of hydrogen-bond acceptors (Lipinski definition) is 10. The maximum absolute atomic E-state index is 12.9. The third kappa shape index (κ3) is 5.94. The minimum Gasteiger partial charge on any atom is -0.463 e. The van der Waals surface area contributed by atoms with Gasteiger partial charge in [0.25, 0.3) is 0 Å². The van der Waals surface area contributed by atoms with Crippen molar-refractivity contribution in [3.63, 3.8) is 0 Å². The molecule has 2 saturated carbocycles. The first-order chi connectivity index (χ1) is 18.3. The van der Waals surface area contributed by atoms with Gasteiger partial charge in [-0.1, -0.05) is 38.5 Å². The first-order valence-electron chi connectivity index (χ1n) is 13.9. The van der Waals surface area contributed by atoms with E-state index in [9.17, 15) is 14.7 Å². The van der Waals surface area contributed by atoms with Crippen molar-refractivity contribution in [2.75, 3.05) is 12.3 Å². The number of aliphatic hydroxyl groups excluding tert-OH is 1. The van der Waals surface area contributed by atoms with Crippen LogP contribution in [0.3, 0.4) is 0 Å². The number of carbonyl (C=O) groups excluding carboxylic acids is 2. The second-order valence-electron chi connectivity index (χ2n) is 11.2. The minimum atomic E-state index is -1.19. The van der Waals surface area contributed by atoms with E-state index in [4.69, 9.17) is 25.7 Å². The maximum Gasteiger partial charge on any atom is 0.307 e. The van der Waals surface area contributed by atoms with Crippen molar-refractivity contribution in [2.45, 2.75) is 107 Å². The van der Waals surface area contributed by atoms with Crippen molar-refractivity contribution in [2.24, 2.45) is 11.7 Å². The number of hydrogen-bond donors (Lipinski definition) is 3. The summed E-state index contributed by atoms with van der Waals surface area (Å²) in [4.78, 5) is 29.6. The first-order valence-corrected chi connectivity index (χ1v) is 13.9. The van der Waals surface area contributed by atoms with Crippen LogP contribution in [-0.4, -0.2) is 62.1 Å². The van der Waals surface area contributed by atoms with Crippen molar-refractivity contribution in [3.8, 4) is 0 Å². The molecule has 208 valence electrons. The highest BCUT2D eigenvalue weighted by molar-refractivity contribution is 5.71. The van der Waals surface area contributed by atoms with Crippen LogP contribution in [0.5, 0.6) is 0 Å². The predicted octanol–water partition coefficient (Wildman–Crippen LogP) is 2.59. The Morgan fingerprint density at radius 3 is 2.61 bits per heavy atom. The van der Waals surface area contributed by atoms with Crippen LogP contribution < -0.4 is 11.5 Å². The Morgan fingerprint density at radius 2 is 1.84 bits per heavy atom. The Bertz CT molecular complexity index is 1130. The van der Waals surface area contributed by atoms with Crippen molar-refractivity contribution in [1.82, 2.24) is 14.6 Å². The van der Waals surface area contributed by atoms with Crippen LogP contribution in [0.2, 0.25) is 0 Å². The standard InChI is InChI=1S/C27H39N5O6/c28-26-19-10-9-18(32(19)31-16-30-26)24-23(35)25(38-21(33)13-17-7-3-1-4-8-17)20(37-24)15-36-22(34)14-27(29)11-5-2-6-12-27/h9-10,16-17,20,23-25,35H,1-8,11-15,29H2,(H2,28,30,31)/t20-,23+,24+,25-/m1/s1. The van der Waals surface area contributed by atoms with Crippen molar-refractivity contribution in [1.29, 1.82) is 0 Å². The number of nitrogens with zero attached hydrogens (tertiary/aromatic N) is 3. The Morgan fingerprint density at radius 1 is 1.11 bits per heavy atom. The van der Waals surface area contributed by atoms with Crippen molar-refractivity contribution < 1.29 is 28.9 Å². The lowest BCUT2D eigenvalue weighted by Gasteiger charge is -2.32. The van der Waals surface area contributed by atoms with Crippen molar-refractivity contribution >= 4 is 23.3 Å². The Balaban J connectivity index is 1.29. The van der Waals surface area contributed by atoms with Gasteiger partial charge in [-0.05, 0) is 43.7 Å². The number of fused-ring (bicyclic) bond motifs is 1. The molecule has 0 unspecified atom stereocenters. The van der Waals surface area contributed by atoms with E-state index in [2.05, 4.69) is 10.1 Å². The normalized spacial score (nSPS) is 27.8. The van der Waals surface area contributed by atoms with Crippen LogP contribution in [0.4, 0.5) is 5.82 Å². The molecule has 0 radical (unpaired) electrons. The monoisotopic (exact) mass is 529 g/mol. The highest BCUT2D eigenvalue weighted by Gasteiger charge is 2.48. The summed E-state index contributed by atoms with van der Waals surface area (Å²) < 4.78 is 19.1. The Hall–Kier alpha value is -2.76. The molecule has 1 aliphatic heterocycles. The van der Waals surface area contributed by atoms with Crippen molar-refractivity contribution in [3.05, 3.63) is 24.2 Å². The zero-order valence-electron chi connectivity index (χ0n) is 21.8. The van der Waals surface area contributed by atoms with Crippen LogP contribution in [0.1, 0.15) is 88.8 Å². The van der Waals surface area contributed by atoms with Gasteiger partial charge in [0.05, 0.1) is 12.1 Å². The SMILES string of the molecule is Nc1ncnn2c([C@@H]3O[C@H](COC(=O)CC4(N)CCCCC4)[C@@H](OC(=O)CC4CCCCC4)[C@H]3O)ccc12. The third-order valence-corrected chi connectivity index (χ3v) is 8.34. The molecule has 11 nitrogen and oxygen atoms in total. The summed E-state index contributed by atoms with van der Waals surface area (Å²) in [6, 6.07) is 3.48. The third-order valence-electron chi connectivity index (χ3n) is 8.34. The highest BCUT2D eigenvalue weighted by atomic mass is 16.6. The molecule has 0 amide bonds. The van der Waals surface area contributed by atoms with Gasteiger partial charge >= 0.3 is 11.9 Å². The molecule has 3 aliphatic rings. The van der Waals surface area contributed by atoms with E-state index < -0.39 is 35.9 Å². The van der Waals surface area contributed by atoms with Crippen LogP contribution in [0.25, 0.3) is 5.52 Å². The molecule has 2 aromatic rings. The smallest absolute Gasteiger partial charge is 0.307 e. The maximum atomic E-state index is 12.9. The first kappa shape index (κ1) is 26.8. The van der Waals surface area contributed by atoms with E-state index in [-0.39, 0.29) is 30.7 Å². The lowest BCUT2D eigenvalue weighted by Crippen LogP contribution is -2.44. The molecule has 1 saturated heterocycles. The van der Waals surface area contributed by atoms with Crippen LogP contribution in [0.15, 0.2) is 18.5 Å². The number of aromatic nitrogens is 3. The number of aliphatic hydroxyl groups is 1. The molecular weight excluding hydrogens is 490 g/mol. The molecule has 2 aromatic heterocycles. The fraction of sp³-hybridized carbons (Fsp3) is 0.704. The summed E-state index contributed by atoms with van der Waals surface area (Å²) in [6.45, 7) is -0.162. The summed E-state index contributed by atoms with van der Waals surface area (Å²) in [5.41, 5.74) is 13.0. The van der Waals surface area contributed by atoms with E-state index >= 15 is 0 Å².